The smallest absolute Gasteiger partial charge is 0.339 e. The molecule has 0 unspecified atom stereocenters. The molecule has 0 radical (unpaired) electrons. The molecule has 0 aromatic heterocycles. The second kappa shape index (κ2) is 12.8. The molecule has 0 aliphatic carbocycles. The Kier molecular flexibility index (Phi) is 9.31. The number of para-hydroxylation sites is 1. The predicted octanol–water partition coefficient (Wildman–Crippen LogP) is 5.38. The number of aryl methyl sites for hydroxylation is 2. The van der Waals surface area contributed by atoms with E-state index < -0.39 is 5.97 Å². The molecule has 0 amide bonds. The third-order valence-corrected chi connectivity index (χ3v) is 5.17. The summed E-state index contributed by atoms with van der Waals surface area (Å²) in [5.41, 5.74) is 4.17. The topological polar surface area (TPSA) is 86.6 Å². The van der Waals surface area contributed by atoms with Crippen LogP contribution < -0.4 is 9.47 Å². The Morgan fingerprint density at radius 1 is 0.943 bits per heavy atom. The summed E-state index contributed by atoms with van der Waals surface area (Å²) >= 11 is 0. The summed E-state index contributed by atoms with van der Waals surface area (Å²) in [6.07, 6.45) is 2.89. The van der Waals surface area contributed by atoms with E-state index in [4.69, 9.17) is 19.0 Å². The zero-order valence-electron chi connectivity index (χ0n) is 20.1. The molecule has 0 aliphatic rings. The number of hydrogen-bond donors (Lipinski definition) is 1. The van der Waals surface area contributed by atoms with Crippen LogP contribution in [0.1, 0.15) is 27.8 Å². The first-order valence-corrected chi connectivity index (χ1v) is 11.1. The third-order valence-electron chi connectivity index (χ3n) is 5.17. The molecule has 3 aromatic rings. The van der Waals surface area contributed by atoms with Crippen molar-refractivity contribution >= 4 is 17.8 Å². The number of aliphatic carboxylic acids is 1. The quantitative estimate of drug-likeness (QED) is 0.124. The number of oxime groups is 1. The average molecular weight is 476 g/mol. The third kappa shape index (κ3) is 7.37. The second-order valence-electron chi connectivity index (χ2n) is 7.72. The maximum Gasteiger partial charge on any atom is 0.339 e. The highest BCUT2D eigenvalue weighted by molar-refractivity contribution is 6.15. The number of methoxy groups -OCH3 is 1. The Balaban J connectivity index is 1.60. The number of nitrogens with zero attached hydrogens (tertiary/aromatic N) is 1. The van der Waals surface area contributed by atoms with Crippen molar-refractivity contribution in [3.63, 3.8) is 0 Å². The minimum absolute atomic E-state index is 0.0698. The van der Waals surface area contributed by atoms with E-state index in [-0.39, 0.29) is 12.2 Å². The van der Waals surface area contributed by atoms with Gasteiger partial charge < -0.3 is 24.2 Å². The monoisotopic (exact) mass is 475 g/mol. The fourth-order valence-corrected chi connectivity index (χ4v) is 3.38. The number of carbonyl (C=O) groups is 1. The van der Waals surface area contributed by atoms with Gasteiger partial charge in [0.2, 0.25) is 0 Å². The predicted molar refractivity (Wildman–Crippen MR) is 135 cm³/mol. The minimum Gasteiger partial charge on any atom is -0.503 e. The fourth-order valence-electron chi connectivity index (χ4n) is 3.38. The standard InChI is InChI=1S/C28H29NO6/c1-20-16-27(34-18-22-9-7-8-12-25(22)26(19-32-3)28(30)31)21(2)15-23(20)17-29-35-14-13-33-24-10-5-4-6-11-24/h4-12,15-17,19H,13-14,18H2,1-3H3,(H,30,31). The summed E-state index contributed by atoms with van der Waals surface area (Å²) in [5.74, 6) is 0.432. The van der Waals surface area contributed by atoms with Crippen molar-refractivity contribution in [1.29, 1.82) is 0 Å². The Labute approximate surface area is 205 Å². The van der Waals surface area contributed by atoms with Crippen LogP contribution in [0.3, 0.4) is 0 Å². The van der Waals surface area contributed by atoms with Crippen molar-refractivity contribution in [2.75, 3.05) is 20.3 Å². The van der Waals surface area contributed by atoms with E-state index in [1.807, 2.05) is 68.4 Å². The van der Waals surface area contributed by atoms with Crippen molar-refractivity contribution in [2.45, 2.75) is 20.5 Å². The summed E-state index contributed by atoms with van der Waals surface area (Å²) < 4.78 is 16.6. The molecule has 0 atom stereocenters. The lowest BCUT2D eigenvalue weighted by molar-refractivity contribution is -0.130. The van der Waals surface area contributed by atoms with E-state index in [1.54, 1.807) is 18.3 Å². The summed E-state index contributed by atoms with van der Waals surface area (Å²) in [6, 6.07) is 20.6. The van der Waals surface area contributed by atoms with Crippen molar-refractivity contribution < 1.29 is 28.9 Å². The van der Waals surface area contributed by atoms with Crippen LogP contribution in [0.25, 0.3) is 5.57 Å². The van der Waals surface area contributed by atoms with Crippen molar-refractivity contribution in [3.8, 4) is 11.5 Å². The number of rotatable bonds is 12. The van der Waals surface area contributed by atoms with Crippen LogP contribution in [0, 0.1) is 13.8 Å². The van der Waals surface area contributed by atoms with E-state index in [9.17, 15) is 9.90 Å². The molecule has 35 heavy (non-hydrogen) atoms. The highest BCUT2D eigenvalue weighted by atomic mass is 16.6. The van der Waals surface area contributed by atoms with Crippen LogP contribution in [0.4, 0.5) is 0 Å². The first-order chi connectivity index (χ1) is 17.0. The summed E-state index contributed by atoms with van der Waals surface area (Å²) in [4.78, 5) is 17.0. The SMILES string of the molecule is COC=C(C(=O)O)c1ccccc1COc1cc(C)c(C=NOCCOc2ccccc2)cc1C. The zero-order valence-corrected chi connectivity index (χ0v) is 20.1. The Bertz CT molecular complexity index is 1190. The maximum absolute atomic E-state index is 11.6. The van der Waals surface area contributed by atoms with Gasteiger partial charge in [-0.25, -0.2) is 4.79 Å². The van der Waals surface area contributed by atoms with Crippen LogP contribution in [-0.4, -0.2) is 37.6 Å². The van der Waals surface area contributed by atoms with E-state index >= 15 is 0 Å². The minimum atomic E-state index is -1.07. The number of carboxylic acid groups (broad SMARTS) is 1. The lowest BCUT2D eigenvalue weighted by Crippen LogP contribution is -2.06. The van der Waals surface area contributed by atoms with E-state index in [2.05, 4.69) is 5.16 Å². The van der Waals surface area contributed by atoms with Crippen LogP contribution >= 0.6 is 0 Å². The van der Waals surface area contributed by atoms with Gasteiger partial charge in [-0.3, -0.25) is 0 Å². The summed E-state index contributed by atoms with van der Waals surface area (Å²) in [7, 11) is 1.42. The molecular formula is C28H29NO6. The normalized spacial score (nSPS) is 11.3. The van der Waals surface area contributed by atoms with Gasteiger partial charge in [-0.15, -0.1) is 0 Å². The van der Waals surface area contributed by atoms with E-state index in [0.29, 0.717) is 24.5 Å². The Morgan fingerprint density at radius 3 is 2.43 bits per heavy atom. The molecular weight excluding hydrogens is 446 g/mol. The van der Waals surface area contributed by atoms with Gasteiger partial charge in [0.15, 0.2) is 6.61 Å². The van der Waals surface area contributed by atoms with Gasteiger partial charge in [0, 0.05) is 0 Å². The number of carboxylic acids is 1. The highest BCUT2D eigenvalue weighted by Crippen LogP contribution is 2.26. The van der Waals surface area contributed by atoms with Gasteiger partial charge in [0.05, 0.1) is 19.6 Å². The van der Waals surface area contributed by atoms with Gasteiger partial charge in [0.1, 0.15) is 30.3 Å². The van der Waals surface area contributed by atoms with Gasteiger partial charge in [-0.05, 0) is 65.9 Å². The highest BCUT2D eigenvalue weighted by Gasteiger charge is 2.15. The first kappa shape index (κ1) is 25.4. The molecule has 0 bridgehead atoms. The molecule has 3 aromatic carbocycles. The maximum atomic E-state index is 11.6. The molecule has 0 fully saturated rings. The molecule has 0 spiro atoms. The largest absolute Gasteiger partial charge is 0.503 e. The zero-order chi connectivity index (χ0) is 25.0. The first-order valence-electron chi connectivity index (χ1n) is 11.1. The van der Waals surface area contributed by atoms with Gasteiger partial charge >= 0.3 is 5.97 Å². The van der Waals surface area contributed by atoms with Gasteiger partial charge in [-0.1, -0.05) is 47.6 Å². The lowest BCUT2D eigenvalue weighted by Gasteiger charge is -2.14. The number of hydrogen-bond acceptors (Lipinski definition) is 6. The van der Waals surface area contributed by atoms with Crippen LogP contribution in [-0.2, 0) is 21.0 Å². The number of ether oxygens (including phenoxy) is 3. The molecule has 1 N–H and O–H groups in total. The Hall–Kier alpha value is -4.26. The molecule has 182 valence electrons. The molecule has 0 aliphatic heterocycles. The molecule has 0 heterocycles. The average Bonchev–Trinajstić information content (AvgIpc) is 2.86. The van der Waals surface area contributed by atoms with E-state index in [1.165, 1.54) is 13.4 Å². The molecule has 3 rings (SSSR count). The van der Waals surface area contributed by atoms with Gasteiger partial charge in [-0.2, -0.15) is 0 Å². The van der Waals surface area contributed by atoms with Gasteiger partial charge in [0.25, 0.3) is 0 Å². The molecule has 7 nitrogen and oxygen atoms in total. The lowest BCUT2D eigenvalue weighted by atomic mass is 10.0. The summed E-state index contributed by atoms with van der Waals surface area (Å²) in [6.45, 7) is 4.85. The Morgan fingerprint density at radius 2 is 1.69 bits per heavy atom. The summed E-state index contributed by atoms with van der Waals surface area (Å²) in [5, 5.41) is 13.6. The fraction of sp³-hybridized carbons (Fsp3) is 0.214. The van der Waals surface area contributed by atoms with Crippen molar-refractivity contribution in [1.82, 2.24) is 0 Å². The van der Waals surface area contributed by atoms with Crippen molar-refractivity contribution in [2.24, 2.45) is 5.16 Å². The van der Waals surface area contributed by atoms with Crippen LogP contribution in [0.2, 0.25) is 0 Å². The van der Waals surface area contributed by atoms with E-state index in [0.717, 1.165) is 28.0 Å². The molecule has 7 heteroatoms. The molecule has 0 saturated heterocycles. The van der Waals surface area contributed by atoms with Crippen LogP contribution in [0.5, 0.6) is 11.5 Å². The number of benzene rings is 3. The molecule has 0 saturated carbocycles. The second-order valence-corrected chi connectivity index (χ2v) is 7.72. The van der Waals surface area contributed by atoms with Crippen molar-refractivity contribution in [3.05, 3.63) is 101 Å². The van der Waals surface area contributed by atoms with Crippen LogP contribution in [0.15, 0.2) is 78.1 Å².